The van der Waals surface area contributed by atoms with Gasteiger partial charge in [0.05, 0.1) is 6.10 Å². The second-order valence-corrected chi connectivity index (χ2v) is 8.22. The van der Waals surface area contributed by atoms with Gasteiger partial charge in [0, 0.05) is 42.4 Å². The number of nitrogens with two attached hydrogens (primary N) is 1. The first-order chi connectivity index (χ1) is 16.0. The number of amides is 1. The molecule has 7 heteroatoms. The summed E-state index contributed by atoms with van der Waals surface area (Å²) in [6, 6.07) is 13.3. The first kappa shape index (κ1) is 24.6. The normalized spacial score (nSPS) is 17.0. The summed E-state index contributed by atoms with van der Waals surface area (Å²) in [6.45, 7) is 3.47. The van der Waals surface area contributed by atoms with Gasteiger partial charge in [-0.25, -0.2) is 0 Å². The van der Waals surface area contributed by atoms with Crippen LogP contribution in [0.5, 0.6) is 0 Å². The fraction of sp³-hybridized carbons (Fsp3) is 0.385. The molecule has 1 saturated heterocycles. The van der Waals surface area contributed by atoms with Gasteiger partial charge in [-0.15, -0.1) is 0 Å². The maximum atomic E-state index is 12.4. The highest BCUT2D eigenvalue weighted by atomic mass is 16.5. The zero-order valence-electron chi connectivity index (χ0n) is 18.8. The lowest BCUT2D eigenvalue weighted by atomic mass is 10.0. The van der Waals surface area contributed by atoms with Crippen LogP contribution in [-0.4, -0.2) is 54.7 Å². The monoisotopic (exact) mass is 449 g/mol. The lowest BCUT2D eigenvalue weighted by Gasteiger charge is -2.20. The molecule has 1 heterocycles. The molecule has 1 unspecified atom stereocenters. The van der Waals surface area contributed by atoms with Crippen LogP contribution in [0.4, 0.5) is 0 Å². The number of aliphatic hydroxyl groups is 1. The van der Waals surface area contributed by atoms with Crippen LogP contribution in [0.2, 0.25) is 0 Å². The van der Waals surface area contributed by atoms with E-state index in [0.717, 1.165) is 43.7 Å². The fourth-order valence-electron chi connectivity index (χ4n) is 3.57. The largest absolute Gasteiger partial charge is 0.388 e. The van der Waals surface area contributed by atoms with Crippen LogP contribution < -0.4 is 16.4 Å². The number of hydrogen-bond acceptors (Lipinski definition) is 6. The van der Waals surface area contributed by atoms with Crippen molar-refractivity contribution in [3.8, 4) is 11.8 Å². The zero-order valence-corrected chi connectivity index (χ0v) is 18.8. The van der Waals surface area contributed by atoms with E-state index in [1.165, 1.54) is 5.56 Å². The molecule has 0 aliphatic carbocycles. The minimum Gasteiger partial charge on any atom is -0.388 e. The molecule has 3 rings (SSSR count). The van der Waals surface area contributed by atoms with Crippen LogP contribution in [0.25, 0.3) is 0 Å². The molecule has 0 spiro atoms. The van der Waals surface area contributed by atoms with Crippen molar-refractivity contribution < 1.29 is 19.4 Å². The van der Waals surface area contributed by atoms with Crippen molar-refractivity contribution >= 4 is 11.7 Å². The summed E-state index contributed by atoms with van der Waals surface area (Å²) in [6.07, 6.45) is 2.61. The third-order valence-electron chi connectivity index (χ3n) is 5.49. The van der Waals surface area contributed by atoms with Crippen molar-refractivity contribution in [2.75, 3.05) is 19.8 Å². The Balaban J connectivity index is 1.53. The number of nitrogens with one attached hydrogen (secondary N) is 2. The lowest BCUT2D eigenvalue weighted by Crippen LogP contribution is -2.52. The van der Waals surface area contributed by atoms with Gasteiger partial charge in [0.1, 0.15) is 12.6 Å². The van der Waals surface area contributed by atoms with E-state index in [4.69, 9.17) is 15.6 Å². The van der Waals surface area contributed by atoms with Crippen molar-refractivity contribution in [1.29, 1.82) is 0 Å². The molecule has 0 aromatic heterocycles. The van der Waals surface area contributed by atoms with Crippen molar-refractivity contribution in [2.45, 2.75) is 44.5 Å². The van der Waals surface area contributed by atoms with E-state index >= 15 is 0 Å². The molecule has 1 aliphatic heterocycles. The average molecular weight is 450 g/mol. The third kappa shape index (κ3) is 7.52. The highest BCUT2D eigenvalue weighted by molar-refractivity contribution is 5.98. The molecular weight excluding hydrogens is 418 g/mol. The Hall–Kier alpha value is -3.02. The van der Waals surface area contributed by atoms with Crippen LogP contribution in [0.1, 0.15) is 46.8 Å². The Labute approximate surface area is 194 Å². The highest BCUT2D eigenvalue weighted by Crippen LogP contribution is 2.11. The Kier molecular flexibility index (Phi) is 9.16. The predicted octanol–water partition coefficient (Wildman–Crippen LogP) is 1.36. The molecule has 1 aliphatic rings. The van der Waals surface area contributed by atoms with Gasteiger partial charge < -0.3 is 26.2 Å². The maximum absolute atomic E-state index is 12.4. The molecular formula is C26H31N3O4. The number of ether oxygens (including phenoxy) is 1. The number of ketones is 1. The number of rotatable bonds is 9. The van der Waals surface area contributed by atoms with Gasteiger partial charge in [-0.2, -0.15) is 0 Å². The van der Waals surface area contributed by atoms with Gasteiger partial charge in [0.25, 0.3) is 5.91 Å². The van der Waals surface area contributed by atoms with Crippen molar-refractivity contribution in [3.05, 3.63) is 70.8 Å². The Morgan fingerprint density at radius 1 is 1.12 bits per heavy atom. The maximum Gasteiger partial charge on any atom is 0.251 e. The highest BCUT2D eigenvalue weighted by Gasteiger charge is 2.24. The molecule has 33 heavy (non-hydrogen) atoms. The molecule has 3 atom stereocenters. The molecule has 0 radical (unpaired) electrons. The van der Waals surface area contributed by atoms with Gasteiger partial charge in [0.15, 0.2) is 5.78 Å². The summed E-state index contributed by atoms with van der Waals surface area (Å²) in [5.41, 5.74) is 9.00. The van der Waals surface area contributed by atoms with Gasteiger partial charge in [-0.1, -0.05) is 24.0 Å². The molecule has 174 valence electrons. The van der Waals surface area contributed by atoms with E-state index in [9.17, 15) is 9.59 Å². The number of carbonyl (C=O) groups is 2. The molecule has 0 saturated carbocycles. The second-order valence-electron chi connectivity index (χ2n) is 8.22. The van der Waals surface area contributed by atoms with E-state index in [2.05, 4.69) is 34.6 Å². The average Bonchev–Trinajstić information content (AvgIpc) is 3.35. The van der Waals surface area contributed by atoms with Gasteiger partial charge >= 0.3 is 0 Å². The van der Waals surface area contributed by atoms with Crippen LogP contribution in [0, 0.1) is 11.8 Å². The van der Waals surface area contributed by atoms with E-state index in [1.54, 1.807) is 31.2 Å². The van der Waals surface area contributed by atoms with Crippen LogP contribution in [-0.2, 0) is 16.1 Å². The van der Waals surface area contributed by atoms with E-state index in [1.807, 2.05) is 12.1 Å². The number of aliphatic hydroxyl groups excluding tert-OH is 1. The van der Waals surface area contributed by atoms with Crippen LogP contribution in [0.15, 0.2) is 48.5 Å². The first-order valence-corrected chi connectivity index (χ1v) is 11.2. The number of Topliss-reactive ketones (excluding diaryl/α,β-unsaturated/α-hetero) is 1. The molecule has 7 nitrogen and oxygen atoms in total. The summed E-state index contributed by atoms with van der Waals surface area (Å²) < 4.78 is 5.61. The van der Waals surface area contributed by atoms with Gasteiger partial charge in [-0.3, -0.25) is 9.59 Å². The smallest absolute Gasteiger partial charge is 0.251 e. The minimum absolute atomic E-state index is 0.335. The SMILES string of the molecule is C[C@@H](N)[C@H](NC(=O)c1ccc(C#Cc2ccc(CNCC3CCCO3)cc2)cc1)C(=O)CO. The topological polar surface area (TPSA) is 114 Å². The Morgan fingerprint density at radius 3 is 2.30 bits per heavy atom. The minimum atomic E-state index is -0.934. The van der Waals surface area contributed by atoms with Crippen LogP contribution in [0.3, 0.4) is 0 Å². The van der Waals surface area contributed by atoms with Crippen LogP contribution >= 0.6 is 0 Å². The van der Waals surface area contributed by atoms with E-state index < -0.39 is 30.4 Å². The molecule has 2 aromatic carbocycles. The van der Waals surface area contributed by atoms with Gasteiger partial charge in [-0.05, 0) is 61.7 Å². The third-order valence-corrected chi connectivity index (χ3v) is 5.49. The first-order valence-electron chi connectivity index (χ1n) is 11.2. The number of benzene rings is 2. The van der Waals surface area contributed by atoms with E-state index in [-0.39, 0.29) is 0 Å². The summed E-state index contributed by atoms with van der Waals surface area (Å²) in [7, 11) is 0. The van der Waals surface area contributed by atoms with Crippen molar-refractivity contribution in [2.24, 2.45) is 5.73 Å². The van der Waals surface area contributed by atoms with Crippen molar-refractivity contribution in [1.82, 2.24) is 10.6 Å². The molecule has 1 fully saturated rings. The predicted molar refractivity (Wildman–Crippen MR) is 127 cm³/mol. The summed E-state index contributed by atoms with van der Waals surface area (Å²) in [4.78, 5) is 24.2. The summed E-state index contributed by atoms with van der Waals surface area (Å²) >= 11 is 0. The zero-order chi connectivity index (χ0) is 23.6. The molecule has 1 amide bonds. The second kappa shape index (κ2) is 12.3. The van der Waals surface area contributed by atoms with Gasteiger partial charge in [0.2, 0.25) is 0 Å². The Morgan fingerprint density at radius 2 is 1.76 bits per heavy atom. The quantitative estimate of drug-likeness (QED) is 0.430. The Bertz CT molecular complexity index is 985. The summed E-state index contributed by atoms with van der Waals surface area (Å²) in [5.74, 6) is 5.27. The molecule has 2 aromatic rings. The fourth-order valence-corrected chi connectivity index (χ4v) is 3.57. The molecule has 0 bridgehead atoms. The molecule has 5 N–H and O–H groups in total. The number of hydrogen-bond donors (Lipinski definition) is 4. The summed E-state index contributed by atoms with van der Waals surface area (Å²) in [5, 5.41) is 15.0. The van der Waals surface area contributed by atoms with E-state index in [0.29, 0.717) is 11.7 Å². The van der Waals surface area contributed by atoms with Crippen molar-refractivity contribution in [3.63, 3.8) is 0 Å². The standard InChI is InChI=1S/C26H31N3O4/c1-18(27)25(24(31)17-30)29-26(32)22-12-10-20(11-13-22)5-4-19-6-8-21(9-7-19)15-28-16-23-3-2-14-33-23/h6-13,18,23,25,28,30H,2-3,14-17,27H2,1H3,(H,29,32)/t18-,23?,25+/m1/s1. The lowest BCUT2D eigenvalue weighted by molar-refractivity contribution is -0.123. The number of carbonyl (C=O) groups excluding carboxylic acids is 2.